The van der Waals surface area contributed by atoms with Crippen LogP contribution in [0.3, 0.4) is 0 Å². The summed E-state index contributed by atoms with van der Waals surface area (Å²) < 4.78 is 11.9. The molecule has 0 aliphatic carbocycles. The van der Waals surface area contributed by atoms with Gasteiger partial charge < -0.3 is 19.0 Å². The summed E-state index contributed by atoms with van der Waals surface area (Å²) in [6.07, 6.45) is 5.38. The summed E-state index contributed by atoms with van der Waals surface area (Å²) in [6.45, 7) is 2.00. The Bertz CT molecular complexity index is 1200. The summed E-state index contributed by atoms with van der Waals surface area (Å²) in [5, 5.41) is 9.48. The number of para-hydroxylation sites is 1. The average Bonchev–Trinajstić information content (AvgIpc) is 3.49. The number of piperidine rings is 1. The van der Waals surface area contributed by atoms with Crippen molar-refractivity contribution in [3.05, 3.63) is 83.7 Å². The number of hydrogen-bond acceptors (Lipinski definition) is 5. The molecule has 7 heteroatoms. The van der Waals surface area contributed by atoms with E-state index in [4.69, 9.17) is 9.15 Å². The molecular weight excluding hydrogens is 416 g/mol. The topological polar surface area (TPSA) is 84.2 Å². The number of amides is 1. The van der Waals surface area contributed by atoms with Gasteiger partial charge in [-0.2, -0.15) is 0 Å². The predicted octanol–water partition coefficient (Wildman–Crippen LogP) is 4.28. The highest BCUT2D eigenvalue weighted by molar-refractivity contribution is 5.83. The number of carbonyl (C=O) groups excluding carboxylic acids is 1. The minimum atomic E-state index is 0.0779. The van der Waals surface area contributed by atoms with Gasteiger partial charge in [-0.05, 0) is 30.0 Å². The number of nitrogens with zero attached hydrogens (tertiary/aromatic N) is 3. The monoisotopic (exact) mass is 444 g/mol. The number of hydrogen-bond donors (Lipinski definition) is 1. The molecule has 1 aliphatic heterocycles. The zero-order valence-corrected chi connectivity index (χ0v) is 18.6. The van der Waals surface area contributed by atoms with Crippen LogP contribution in [-0.2, 0) is 29.0 Å². The molecule has 1 amide bonds. The normalized spacial score (nSPS) is 16.4. The van der Waals surface area contributed by atoms with Crippen molar-refractivity contribution < 1.29 is 13.9 Å². The molecule has 3 heterocycles. The van der Waals surface area contributed by atoms with Crippen LogP contribution in [0.1, 0.15) is 42.2 Å². The van der Waals surface area contributed by atoms with Crippen molar-refractivity contribution in [1.29, 1.82) is 0 Å². The lowest BCUT2D eigenvalue weighted by Crippen LogP contribution is -2.43. The van der Waals surface area contributed by atoms with E-state index in [2.05, 4.69) is 33.4 Å². The zero-order chi connectivity index (χ0) is 22.5. The summed E-state index contributed by atoms with van der Waals surface area (Å²) >= 11 is 0. The average molecular weight is 445 g/mol. The molecule has 5 rings (SSSR count). The number of H-pyrrole nitrogens is 1. The lowest BCUT2D eigenvalue weighted by atomic mass is 10.1. The first-order chi connectivity index (χ1) is 16.2. The third-order valence-corrected chi connectivity index (χ3v) is 6.14. The van der Waals surface area contributed by atoms with E-state index in [0.29, 0.717) is 44.2 Å². The lowest BCUT2D eigenvalue weighted by Gasteiger charge is -2.32. The molecule has 1 atom stereocenters. The highest BCUT2D eigenvalue weighted by atomic mass is 16.5. The first-order valence-corrected chi connectivity index (χ1v) is 11.5. The second kappa shape index (κ2) is 10.0. The Morgan fingerprint density at radius 1 is 1.09 bits per heavy atom. The molecule has 1 N–H and O–H groups in total. The number of carbonyl (C=O) groups is 1. The molecule has 2 aromatic heterocycles. The van der Waals surface area contributed by atoms with Crippen molar-refractivity contribution in [2.24, 2.45) is 0 Å². The second-order valence-corrected chi connectivity index (χ2v) is 8.53. The van der Waals surface area contributed by atoms with Crippen molar-refractivity contribution in [2.45, 2.75) is 44.8 Å². The van der Waals surface area contributed by atoms with Crippen molar-refractivity contribution in [1.82, 2.24) is 20.1 Å². The zero-order valence-electron chi connectivity index (χ0n) is 18.6. The van der Waals surface area contributed by atoms with E-state index in [1.807, 2.05) is 47.5 Å². The molecule has 0 spiro atoms. The van der Waals surface area contributed by atoms with Gasteiger partial charge in [0.2, 0.25) is 17.7 Å². The van der Waals surface area contributed by atoms with Gasteiger partial charge in [0.15, 0.2) is 0 Å². The number of ether oxygens (including phenoxy) is 1. The molecule has 1 aliphatic rings. The number of benzene rings is 2. The first kappa shape index (κ1) is 21.4. The Balaban J connectivity index is 1.11. The number of likely N-dealkylation sites (tertiary alicyclic amines) is 1. The van der Waals surface area contributed by atoms with Crippen LogP contribution in [0.2, 0.25) is 0 Å². The number of aromatic nitrogens is 3. The van der Waals surface area contributed by atoms with E-state index >= 15 is 0 Å². The van der Waals surface area contributed by atoms with Gasteiger partial charge in [0.25, 0.3) is 0 Å². The largest absolute Gasteiger partial charge is 0.425 e. The van der Waals surface area contributed by atoms with Crippen LogP contribution in [-0.4, -0.2) is 45.2 Å². The molecule has 0 saturated carbocycles. The van der Waals surface area contributed by atoms with E-state index in [9.17, 15) is 4.79 Å². The fourth-order valence-corrected chi connectivity index (χ4v) is 4.36. The Morgan fingerprint density at radius 2 is 1.91 bits per heavy atom. The molecule has 0 radical (unpaired) electrons. The predicted molar refractivity (Wildman–Crippen MR) is 125 cm³/mol. The first-order valence-electron chi connectivity index (χ1n) is 11.5. The second-order valence-electron chi connectivity index (χ2n) is 8.53. The minimum absolute atomic E-state index is 0.0779. The molecule has 1 unspecified atom stereocenters. The maximum Gasteiger partial charge on any atom is 0.223 e. The summed E-state index contributed by atoms with van der Waals surface area (Å²) in [6, 6.07) is 18.3. The van der Waals surface area contributed by atoms with E-state index in [0.717, 1.165) is 41.4 Å². The van der Waals surface area contributed by atoms with Crippen molar-refractivity contribution in [3.8, 4) is 0 Å². The van der Waals surface area contributed by atoms with Crippen molar-refractivity contribution in [3.63, 3.8) is 0 Å². The maximum absolute atomic E-state index is 12.8. The fourth-order valence-electron chi connectivity index (χ4n) is 4.36. The van der Waals surface area contributed by atoms with Gasteiger partial charge in [-0.3, -0.25) is 4.79 Å². The van der Waals surface area contributed by atoms with Gasteiger partial charge in [-0.1, -0.05) is 48.5 Å². The Hall–Kier alpha value is -3.45. The quantitative estimate of drug-likeness (QED) is 0.438. The number of rotatable bonds is 8. The maximum atomic E-state index is 12.8. The van der Waals surface area contributed by atoms with Crippen LogP contribution in [0.15, 0.2) is 65.2 Å². The summed E-state index contributed by atoms with van der Waals surface area (Å²) in [7, 11) is 0. The van der Waals surface area contributed by atoms with E-state index in [1.54, 1.807) is 0 Å². The molecule has 1 fully saturated rings. The van der Waals surface area contributed by atoms with Crippen LogP contribution in [0.25, 0.3) is 10.9 Å². The molecule has 0 bridgehead atoms. The number of aromatic amines is 1. The van der Waals surface area contributed by atoms with Gasteiger partial charge >= 0.3 is 0 Å². The standard InChI is InChI=1S/C26H28N4O3/c31-26(30-14-6-9-21(17-30)32-18-19-7-2-1-3-8-19)13-12-24-28-29-25(33-24)15-20-16-27-23-11-5-4-10-22(20)23/h1-5,7-8,10-11,16,21,27H,6,9,12-15,17-18H2. The minimum Gasteiger partial charge on any atom is -0.425 e. The molecular formula is C26H28N4O3. The smallest absolute Gasteiger partial charge is 0.223 e. The highest BCUT2D eigenvalue weighted by Crippen LogP contribution is 2.21. The molecule has 33 heavy (non-hydrogen) atoms. The van der Waals surface area contributed by atoms with Gasteiger partial charge in [-0.15, -0.1) is 10.2 Å². The molecule has 7 nitrogen and oxygen atoms in total. The van der Waals surface area contributed by atoms with Gasteiger partial charge in [0, 0.05) is 43.0 Å². The van der Waals surface area contributed by atoms with E-state index in [1.165, 1.54) is 0 Å². The fraction of sp³-hybridized carbons (Fsp3) is 0.346. The number of aryl methyl sites for hydroxylation is 1. The van der Waals surface area contributed by atoms with Gasteiger partial charge in [-0.25, -0.2) is 0 Å². The van der Waals surface area contributed by atoms with Crippen LogP contribution in [0, 0.1) is 0 Å². The summed E-state index contributed by atoms with van der Waals surface area (Å²) in [5.41, 5.74) is 3.36. The van der Waals surface area contributed by atoms with Crippen molar-refractivity contribution in [2.75, 3.05) is 13.1 Å². The van der Waals surface area contributed by atoms with Gasteiger partial charge in [0.05, 0.1) is 19.1 Å². The van der Waals surface area contributed by atoms with Crippen molar-refractivity contribution >= 4 is 16.8 Å². The van der Waals surface area contributed by atoms with Crippen LogP contribution in [0.4, 0.5) is 0 Å². The van der Waals surface area contributed by atoms with E-state index < -0.39 is 0 Å². The molecule has 4 aromatic rings. The SMILES string of the molecule is O=C(CCc1nnc(Cc2c[nH]c3ccccc23)o1)N1CCCC(OCc2ccccc2)C1. The lowest BCUT2D eigenvalue weighted by molar-refractivity contribution is -0.135. The summed E-state index contributed by atoms with van der Waals surface area (Å²) in [5.74, 6) is 1.18. The molecule has 2 aromatic carbocycles. The number of fused-ring (bicyclic) bond motifs is 1. The summed E-state index contributed by atoms with van der Waals surface area (Å²) in [4.78, 5) is 17.9. The van der Waals surface area contributed by atoms with E-state index in [-0.39, 0.29) is 12.0 Å². The third kappa shape index (κ3) is 5.31. The highest BCUT2D eigenvalue weighted by Gasteiger charge is 2.24. The molecule has 170 valence electrons. The Morgan fingerprint density at radius 3 is 2.82 bits per heavy atom. The Labute approximate surface area is 192 Å². The number of nitrogens with one attached hydrogen (secondary N) is 1. The Kier molecular flexibility index (Phi) is 6.48. The molecule has 1 saturated heterocycles. The van der Waals surface area contributed by atoms with Crippen LogP contribution < -0.4 is 0 Å². The van der Waals surface area contributed by atoms with Crippen LogP contribution in [0.5, 0.6) is 0 Å². The van der Waals surface area contributed by atoms with Gasteiger partial charge in [0.1, 0.15) is 0 Å². The third-order valence-electron chi connectivity index (χ3n) is 6.14. The van der Waals surface area contributed by atoms with Crippen LogP contribution >= 0.6 is 0 Å².